The Morgan fingerprint density at radius 3 is 2.41 bits per heavy atom. The van der Waals surface area contributed by atoms with Gasteiger partial charge in [-0.15, -0.1) is 0 Å². The van der Waals surface area contributed by atoms with Crippen LogP contribution in [0.2, 0.25) is 0 Å². The summed E-state index contributed by atoms with van der Waals surface area (Å²) in [4.78, 5) is 18.0. The normalized spacial score (nSPS) is 11.7. The molecule has 44 heavy (non-hydrogen) atoms. The average molecular weight is 614 g/mol. The molecule has 2 N–H and O–H groups in total. The van der Waals surface area contributed by atoms with E-state index in [1.807, 2.05) is 49.4 Å². The first-order chi connectivity index (χ1) is 21.1. The Kier molecular flexibility index (Phi) is 9.20. The fourth-order valence-corrected chi connectivity index (χ4v) is 6.52. The van der Waals surface area contributed by atoms with Crippen LogP contribution in [-0.4, -0.2) is 35.6 Å². The summed E-state index contributed by atoms with van der Waals surface area (Å²) in [6.07, 6.45) is 3.71. The van der Waals surface area contributed by atoms with Gasteiger partial charge in [0.05, 0.1) is 21.6 Å². The van der Waals surface area contributed by atoms with Gasteiger partial charge >= 0.3 is 0 Å². The lowest BCUT2D eigenvalue weighted by Crippen LogP contribution is -2.24. The summed E-state index contributed by atoms with van der Waals surface area (Å²) in [7, 11) is -3.94. The van der Waals surface area contributed by atoms with Gasteiger partial charge < -0.3 is 14.4 Å². The highest BCUT2D eigenvalue weighted by Gasteiger charge is 2.23. The van der Waals surface area contributed by atoms with Crippen LogP contribution < -0.4 is 10.0 Å². The molecule has 0 aliphatic rings. The van der Waals surface area contributed by atoms with Crippen molar-refractivity contribution in [2.75, 3.05) is 11.3 Å². The summed E-state index contributed by atoms with van der Waals surface area (Å²) in [6.45, 7) is 11.0. The SMILES string of the molecule is CCCCNC(=O)c1cc(C)c2nc(CCC)n(Cc3ccc(-c4ccccc4S(=O)(=O)Nc4onc(C)c4C)cc3)c2c1. The summed E-state index contributed by atoms with van der Waals surface area (Å²) in [5.41, 5.74) is 7.08. The molecule has 9 nitrogen and oxygen atoms in total. The van der Waals surface area contributed by atoms with Crippen molar-refractivity contribution in [1.82, 2.24) is 20.0 Å². The molecule has 0 saturated carbocycles. The summed E-state index contributed by atoms with van der Waals surface area (Å²) in [5, 5.41) is 6.88. The number of hydrogen-bond acceptors (Lipinski definition) is 6. The molecule has 230 valence electrons. The monoisotopic (exact) mass is 613 g/mol. The first kappa shape index (κ1) is 31.0. The van der Waals surface area contributed by atoms with Crippen LogP contribution >= 0.6 is 0 Å². The van der Waals surface area contributed by atoms with Crippen molar-refractivity contribution < 1.29 is 17.7 Å². The van der Waals surface area contributed by atoms with Crippen LogP contribution in [-0.2, 0) is 23.0 Å². The highest BCUT2D eigenvalue weighted by molar-refractivity contribution is 7.92. The Morgan fingerprint density at radius 1 is 0.977 bits per heavy atom. The van der Waals surface area contributed by atoms with E-state index in [0.29, 0.717) is 35.5 Å². The van der Waals surface area contributed by atoms with Gasteiger partial charge in [-0.05, 0) is 68.5 Å². The van der Waals surface area contributed by atoms with Crippen LogP contribution in [0.5, 0.6) is 0 Å². The highest BCUT2D eigenvalue weighted by atomic mass is 32.2. The molecule has 0 bridgehead atoms. The minimum atomic E-state index is -3.94. The number of sulfonamides is 1. The maximum absolute atomic E-state index is 13.4. The van der Waals surface area contributed by atoms with E-state index in [0.717, 1.165) is 59.2 Å². The van der Waals surface area contributed by atoms with Crippen molar-refractivity contribution in [3.05, 3.63) is 94.4 Å². The number of rotatable bonds is 12. The molecule has 0 radical (unpaired) electrons. The minimum absolute atomic E-state index is 0.0747. The Morgan fingerprint density at radius 2 is 1.73 bits per heavy atom. The Labute approximate surface area is 258 Å². The maximum atomic E-state index is 13.4. The number of unbranched alkanes of at least 4 members (excludes halogenated alkanes) is 1. The van der Waals surface area contributed by atoms with E-state index < -0.39 is 10.0 Å². The summed E-state index contributed by atoms with van der Waals surface area (Å²) in [5.74, 6) is 1.01. The number of nitrogens with one attached hydrogen (secondary N) is 2. The molecule has 0 fully saturated rings. The molecule has 10 heteroatoms. The standard InChI is InChI=1S/C34H39N5O4S/c1-6-8-18-35-33(40)27-19-22(3)32-29(20-27)39(31(36-32)11-7-2)21-25-14-16-26(17-15-25)28-12-9-10-13-30(28)44(41,42)38-34-23(4)24(5)37-43-34/h9-10,12-17,19-20,38H,6-8,11,18,21H2,1-5H3,(H,35,40). The number of anilines is 1. The number of benzene rings is 3. The van der Waals surface area contributed by atoms with E-state index in [1.54, 1.807) is 32.0 Å². The lowest BCUT2D eigenvalue weighted by atomic mass is 10.0. The van der Waals surface area contributed by atoms with Gasteiger partial charge in [-0.25, -0.2) is 18.1 Å². The van der Waals surface area contributed by atoms with Gasteiger partial charge in [-0.2, -0.15) is 0 Å². The number of hydrogen-bond donors (Lipinski definition) is 2. The second-order valence-corrected chi connectivity index (χ2v) is 12.8. The Hall–Kier alpha value is -4.44. The smallest absolute Gasteiger partial charge is 0.264 e. The first-order valence-electron chi connectivity index (χ1n) is 15.0. The van der Waals surface area contributed by atoms with Gasteiger partial charge in [0.1, 0.15) is 5.82 Å². The molecule has 0 aliphatic carbocycles. The zero-order valence-electron chi connectivity index (χ0n) is 25.9. The maximum Gasteiger partial charge on any atom is 0.264 e. The van der Waals surface area contributed by atoms with E-state index in [-0.39, 0.29) is 16.7 Å². The third-order valence-corrected chi connectivity index (χ3v) is 9.23. The molecule has 3 aromatic carbocycles. The number of carbonyl (C=O) groups excluding carboxylic acids is 1. The number of carbonyl (C=O) groups is 1. The van der Waals surface area contributed by atoms with Gasteiger partial charge in [-0.1, -0.05) is 67.9 Å². The molecule has 0 unspecified atom stereocenters. The van der Waals surface area contributed by atoms with Crippen LogP contribution in [0.4, 0.5) is 5.88 Å². The fraction of sp³-hybridized carbons (Fsp3) is 0.324. The summed E-state index contributed by atoms with van der Waals surface area (Å²) >= 11 is 0. The number of amides is 1. The number of nitrogens with zero attached hydrogens (tertiary/aromatic N) is 3. The molecule has 2 heterocycles. The second kappa shape index (κ2) is 13.1. The Balaban J connectivity index is 1.45. The molecule has 1 amide bonds. The molecule has 0 spiro atoms. The molecule has 2 aromatic heterocycles. The van der Waals surface area contributed by atoms with E-state index in [2.05, 4.69) is 33.6 Å². The molecule has 5 aromatic rings. The predicted molar refractivity (Wildman–Crippen MR) is 173 cm³/mol. The average Bonchev–Trinajstić information content (AvgIpc) is 3.52. The van der Waals surface area contributed by atoms with E-state index >= 15 is 0 Å². The quantitative estimate of drug-likeness (QED) is 0.147. The number of imidazole rings is 1. The van der Waals surface area contributed by atoms with Gasteiger partial charge in [-0.3, -0.25) is 4.79 Å². The summed E-state index contributed by atoms with van der Waals surface area (Å²) in [6, 6.07) is 18.6. The van der Waals surface area contributed by atoms with E-state index in [4.69, 9.17) is 9.51 Å². The molecule has 0 aliphatic heterocycles. The number of aromatic nitrogens is 3. The van der Waals surface area contributed by atoms with Crippen molar-refractivity contribution in [3.8, 4) is 11.1 Å². The largest absolute Gasteiger partial charge is 0.352 e. The summed E-state index contributed by atoms with van der Waals surface area (Å²) < 4.78 is 36.7. The van der Waals surface area contributed by atoms with Crippen molar-refractivity contribution in [2.45, 2.75) is 71.7 Å². The minimum Gasteiger partial charge on any atom is -0.352 e. The van der Waals surface area contributed by atoms with E-state index in [9.17, 15) is 13.2 Å². The van der Waals surface area contributed by atoms with Gasteiger partial charge in [0.15, 0.2) is 0 Å². The lowest BCUT2D eigenvalue weighted by Gasteiger charge is -2.13. The first-order valence-corrected chi connectivity index (χ1v) is 16.5. The third kappa shape index (κ3) is 6.40. The van der Waals surface area contributed by atoms with Crippen LogP contribution in [0.15, 0.2) is 70.1 Å². The van der Waals surface area contributed by atoms with Crippen LogP contribution in [0, 0.1) is 20.8 Å². The fourth-order valence-electron chi connectivity index (χ4n) is 5.24. The van der Waals surface area contributed by atoms with Crippen molar-refractivity contribution >= 4 is 32.8 Å². The predicted octanol–water partition coefficient (Wildman–Crippen LogP) is 6.95. The van der Waals surface area contributed by atoms with Crippen LogP contribution in [0.1, 0.15) is 71.7 Å². The Bertz CT molecular complexity index is 1910. The molecule has 0 saturated heterocycles. The number of fused-ring (bicyclic) bond motifs is 1. The zero-order valence-corrected chi connectivity index (χ0v) is 26.7. The van der Waals surface area contributed by atoms with Crippen molar-refractivity contribution in [3.63, 3.8) is 0 Å². The molecular weight excluding hydrogens is 574 g/mol. The third-order valence-electron chi connectivity index (χ3n) is 7.84. The lowest BCUT2D eigenvalue weighted by molar-refractivity contribution is 0.0953. The van der Waals surface area contributed by atoms with Gasteiger partial charge in [0.2, 0.25) is 5.88 Å². The zero-order chi connectivity index (χ0) is 31.4. The second-order valence-electron chi connectivity index (χ2n) is 11.2. The van der Waals surface area contributed by atoms with Crippen LogP contribution in [0.3, 0.4) is 0 Å². The van der Waals surface area contributed by atoms with Gasteiger partial charge in [0, 0.05) is 36.2 Å². The molecule has 0 atom stereocenters. The molecule has 5 rings (SSSR count). The van der Waals surface area contributed by atoms with Crippen molar-refractivity contribution in [2.24, 2.45) is 0 Å². The van der Waals surface area contributed by atoms with E-state index in [1.165, 1.54) is 0 Å². The highest BCUT2D eigenvalue weighted by Crippen LogP contribution is 2.31. The topological polar surface area (TPSA) is 119 Å². The number of aryl methyl sites for hydroxylation is 3. The molecular formula is C34H39N5O4S. The van der Waals surface area contributed by atoms with Gasteiger partial charge in [0.25, 0.3) is 15.9 Å². The van der Waals surface area contributed by atoms with Crippen LogP contribution in [0.25, 0.3) is 22.2 Å². The van der Waals surface area contributed by atoms with Crippen molar-refractivity contribution in [1.29, 1.82) is 0 Å².